The molecule has 0 bridgehead atoms. The Morgan fingerprint density at radius 2 is 1.85 bits per heavy atom. The van der Waals surface area contributed by atoms with E-state index >= 15 is 0 Å². The zero-order chi connectivity index (χ0) is 9.90. The van der Waals surface area contributed by atoms with E-state index in [9.17, 15) is 10.2 Å². The molecule has 2 atom stereocenters. The molecule has 2 unspecified atom stereocenters. The van der Waals surface area contributed by atoms with Gasteiger partial charge in [-0.15, -0.1) is 0 Å². The maximum Gasteiger partial charge on any atom is 0.173 e. The first-order valence-electron chi connectivity index (χ1n) is 3.84. The summed E-state index contributed by atoms with van der Waals surface area (Å²) in [5, 5.41) is 27.7. The number of aliphatic hydroxyl groups excluding tert-OH is 2. The lowest BCUT2D eigenvalue weighted by molar-refractivity contribution is -0.0342. The van der Waals surface area contributed by atoms with E-state index in [1.165, 1.54) is 0 Å². The molecule has 0 aliphatic carbocycles. The van der Waals surface area contributed by atoms with E-state index in [-0.39, 0.29) is 0 Å². The summed E-state index contributed by atoms with van der Waals surface area (Å²) in [7, 11) is 0. The SMILES string of the molecule is OCC(O)C(O)(Br)c1ccccc1. The van der Waals surface area contributed by atoms with Gasteiger partial charge in [0, 0.05) is 0 Å². The van der Waals surface area contributed by atoms with Gasteiger partial charge in [-0.25, -0.2) is 0 Å². The molecule has 3 N–H and O–H groups in total. The van der Waals surface area contributed by atoms with Crippen LogP contribution in [-0.2, 0) is 4.51 Å². The lowest BCUT2D eigenvalue weighted by Gasteiger charge is -2.25. The van der Waals surface area contributed by atoms with Gasteiger partial charge < -0.3 is 15.3 Å². The zero-order valence-electron chi connectivity index (χ0n) is 6.89. The Kier molecular flexibility index (Phi) is 3.44. The van der Waals surface area contributed by atoms with Gasteiger partial charge in [0.05, 0.1) is 6.61 Å². The minimum absolute atomic E-state index is 0.503. The van der Waals surface area contributed by atoms with Gasteiger partial charge in [0.1, 0.15) is 6.10 Å². The van der Waals surface area contributed by atoms with Crippen LogP contribution in [0.4, 0.5) is 0 Å². The van der Waals surface area contributed by atoms with Crippen LogP contribution in [0.2, 0.25) is 0 Å². The van der Waals surface area contributed by atoms with Crippen molar-refractivity contribution in [1.82, 2.24) is 0 Å². The number of rotatable bonds is 3. The van der Waals surface area contributed by atoms with Gasteiger partial charge in [-0.1, -0.05) is 30.3 Å². The van der Waals surface area contributed by atoms with Crippen molar-refractivity contribution >= 4 is 15.9 Å². The van der Waals surface area contributed by atoms with Gasteiger partial charge in [-0.2, -0.15) is 0 Å². The van der Waals surface area contributed by atoms with Crippen LogP contribution >= 0.6 is 15.9 Å². The third kappa shape index (κ3) is 2.28. The average molecular weight is 247 g/mol. The molecule has 0 amide bonds. The number of aliphatic hydroxyl groups is 3. The van der Waals surface area contributed by atoms with Crippen LogP contribution in [0.3, 0.4) is 0 Å². The summed E-state index contributed by atoms with van der Waals surface area (Å²) in [6.45, 7) is -0.503. The average Bonchev–Trinajstić information content (AvgIpc) is 2.18. The minimum atomic E-state index is -1.58. The third-order valence-corrected chi connectivity index (χ3v) is 2.78. The number of benzene rings is 1. The molecule has 0 saturated carbocycles. The van der Waals surface area contributed by atoms with Crippen LogP contribution in [0.25, 0.3) is 0 Å². The first kappa shape index (κ1) is 10.7. The minimum Gasteiger partial charge on any atom is -0.394 e. The van der Waals surface area contributed by atoms with Gasteiger partial charge in [-0.3, -0.25) is 0 Å². The summed E-state index contributed by atoms with van der Waals surface area (Å²) >= 11 is 2.96. The van der Waals surface area contributed by atoms with Crippen LogP contribution < -0.4 is 0 Å². The normalized spacial score (nSPS) is 17.8. The van der Waals surface area contributed by atoms with Crippen molar-refractivity contribution in [3.63, 3.8) is 0 Å². The van der Waals surface area contributed by atoms with Crippen molar-refractivity contribution < 1.29 is 15.3 Å². The quantitative estimate of drug-likeness (QED) is 0.685. The van der Waals surface area contributed by atoms with E-state index < -0.39 is 17.2 Å². The zero-order valence-corrected chi connectivity index (χ0v) is 8.48. The Labute approximate surface area is 84.8 Å². The van der Waals surface area contributed by atoms with Crippen molar-refractivity contribution in [3.05, 3.63) is 35.9 Å². The summed E-state index contributed by atoms with van der Waals surface area (Å²) in [6.07, 6.45) is -1.24. The van der Waals surface area contributed by atoms with Gasteiger partial charge in [0.15, 0.2) is 4.51 Å². The molecule has 0 aliphatic heterocycles. The van der Waals surface area contributed by atoms with E-state index in [0.29, 0.717) is 5.56 Å². The molecule has 4 heteroatoms. The molecule has 0 spiro atoms. The number of hydrogen-bond donors (Lipinski definition) is 3. The molecule has 3 nitrogen and oxygen atoms in total. The van der Waals surface area contributed by atoms with Gasteiger partial charge in [-0.05, 0) is 21.5 Å². The number of halogens is 1. The lowest BCUT2D eigenvalue weighted by Crippen LogP contribution is -2.36. The molecule has 0 fully saturated rings. The molecule has 0 aromatic heterocycles. The standard InChI is InChI=1S/C9H11BrO3/c10-9(13,8(12)6-11)7-4-2-1-3-5-7/h1-5,8,11-13H,6H2. The molecular weight excluding hydrogens is 236 g/mol. The highest BCUT2D eigenvalue weighted by Gasteiger charge is 2.33. The van der Waals surface area contributed by atoms with Gasteiger partial charge >= 0.3 is 0 Å². The second-order valence-corrected chi connectivity index (χ2v) is 3.95. The summed E-state index contributed by atoms with van der Waals surface area (Å²) < 4.78 is -1.58. The highest BCUT2D eigenvalue weighted by molar-refractivity contribution is 9.09. The largest absolute Gasteiger partial charge is 0.394 e. The molecule has 0 heterocycles. The van der Waals surface area contributed by atoms with Crippen LogP contribution in [0.15, 0.2) is 30.3 Å². The Bertz CT molecular complexity index is 261. The Morgan fingerprint density at radius 1 is 1.31 bits per heavy atom. The molecule has 1 rings (SSSR count). The first-order valence-corrected chi connectivity index (χ1v) is 4.64. The highest BCUT2D eigenvalue weighted by Crippen LogP contribution is 2.31. The molecule has 1 aromatic rings. The Hall–Kier alpha value is -0.420. The molecule has 72 valence electrons. The third-order valence-electron chi connectivity index (χ3n) is 1.79. The van der Waals surface area contributed by atoms with Gasteiger partial charge in [0.25, 0.3) is 0 Å². The number of hydrogen-bond acceptors (Lipinski definition) is 3. The molecule has 0 radical (unpaired) electrons. The van der Waals surface area contributed by atoms with E-state index in [4.69, 9.17) is 5.11 Å². The molecular formula is C9H11BrO3. The monoisotopic (exact) mass is 246 g/mol. The van der Waals surface area contributed by atoms with E-state index in [2.05, 4.69) is 15.9 Å². The topological polar surface area (TPSA) is 60.7 Å². The molecule has 1 aromatic carbocycles. The van der Waals surface area contributed by atoms with Crippen molar-refractivity contribution in [3.8, 4) is 0 Å². The van der Waals surface area contributed by atoms with Crippen molar-refractivity contribution in [1.29, 1.82) is 0 Å². The Morgan fingerprint density at radius 3 is 2.31 bits per heavy atom. The first-order chi connectivity index (χ1) is 6.09. The maximum atomic E-state index is 9.76. The molecule has 0 saturated heterocycles. The summed E-state index contributed by atoms with van der Waals surface area (Å²) in [5.41, 5.74) is 0.511. The Balaban J connectivity index is 2.93. The van der Waals surface area contributed by atoms with Crippen LogP contribution in [0.1, 0.15) is 5.56 Å². The second kappa shape index (κ2) is 4.19. The van der Waals surface area contributed by atoms with Crippen molar-refractivity contribution in [2.24, 2.45) is 0 Å². The van der Waals surface area contributed by atoms with E-state index in [0.717, 1.165) is 0 Å². The van der Waals surface area contributed by atoms with Gasteiger partial charge in [0.2, 0.25) is 0 Å². The summed E-state index contributed by atoms with van der Waals surface area (Å²) in [5.74, 6) is 0. The fraction of sp³-hybridized carbons (Fsp3) is 0.333. The second-order valence-electron chi connectivity index (χ2n) is 2.74. The smallest absolute Gasteiger partial charge is 0.173 e. The predicted molar refractivity (Wildman–Crippen MR) is 52.4 cm³/mol. The summed E-state index contributed by atoms with van der Waals surface area (Å²) in [6, 6.07) is 8.61. The van der Waals surface area contributed by atoms with Crippen molar-refractivity contribution in [2.75, 3.05) is 6.61 Å². The van der Waals surface area contributed by atoms with E-state index in [1.54, 1.807) is 30.3 Å². The lowest BCUT2D eigenvalue weighted by atomic mass is 10.1. The number of alkyl halides is 1. The highest BCUT2D eigenvalue weighted by atomic mass is 79.9. The summed E-state index contributed by atoms with van der Waals surface area (Å²) in [4.78, 5) is 0. The molecule has 0 aliphatic rings. The fourth-order valence-corrected chi connectivity index (χ4v) is 1.39. The van der Waals surface area contributed by atoms with Crippen LogP contribution in [-0.4, -0.2) is 28.0 Å². The maximum absolute atomic E-state index is 9.76. The van der Waals surface area contributed by atoms with Crippen molar-refractivity contribution in [2.45, 2.75) is 10.6 Å². The molecule has 13 heavy (non-hydrogen) atoms. The predicted octanol–water partition coefficient (Wildman–Crippen LogP) is 0.580. The fourth-order valence-electron chi connectivity index (χ4n) is 0.985. The van der Waals surface area contributed by atoms with Crippen LogP contribution in [0, 0.1) is 0 Å². The van der Waals surface area contributed by atoms with E-state index in [1.807, 2.05) is 0 Å². The van der Waals surface area contributed by atoms with Crippen LogP contribution in [0.5, 0.6) is 0 Å².